The smallest absolute Gasteiger partial charge is 0.112 e. The number of aryl methyl sites for hydroxylation is 2. The van der Waals surface area contributed by atoms with Crippen molar-refractivity contribution in [3.05, 3.63) is 67.8 Å². The minimum absolute atomic E-state index is 0.986. The Labute approximate surface area is 141 Å². The second-order valence-corrected chi connectivity index (χ2v) is 7.30. The number of hydrogen-bond donors (Lipinski definition) is 1. The highest BCUT2D eigenvalue weighted by atomic mass is 16.3. The normalized spacial score (nSPS) is 11.9. The minimum atomic E-state index is -0.986. The van der Waals surface area contributed by atoms with Crippen molar-refractivity contribution in [3.63, 3.8) is 0 Å². The lowest BCUT2D eigenvalue weighted by molar-refractivity contribution is 0.100. The summed E-state index contributed by atoms with van der Waals surface area (Å²) >= 11 is 0. The van der Waals surface area contributed by atoms with Crippen LogP contribution in [0, 0.1) is 55.4 Å². The van der Waals surface area contributed by atoms with Crippen LogP contribution in [0.1, 0.15) is 62.6 Å². The summed E-state index contributed by atoms with van der Waals surface area (Å²) in [6.45, 7) is 19.0. The molecule has 0 saturated heterocycles. The van der Waals surface area contributed by atoms with Crippen molar-refractivity contribution in [2.24, 2.45) is 0 Å². The number of benzene rings is 2. The van der Waals surface area contributed by atoms with Gasteiger partial charge in [-0.25, -0.2) is 0 Å². The summed E-state index contributed by atoms with van der Waals surface area (Å²) in [5.41, 5.74) is 11.1. The zero-order chi connectivity index (χ0) is 17.7. The van der Waals surface area contributed by atoms with Gasteiger partial charge in [0, 0.05) is 0 Å². The molecule has 0 saturated carbocycles. The lowest BCUT2D eigenvalue weighted by Crippen LogP contribution is -2.27. The molecule has 124 valence electrons. The molecule has 2 aromatic rings. The summed E-state index contributed by atoms with van der Waals surface area (Å²) in [5.74, 6) is 0. The Kier molecular flexibility index (Phi) is 4.47. The molecule has 0 aliphatic heterocycles. The molecule has 0 heterocycles. The predicted octanol–water partition coefficient (Wildman–Crippen LogP) is 5.41. The fourth-order valence-electron chi connectivity index (χ4n) is 3.58. The largest absolute Gasteiger partial charge is 0.381 e. The van der Waals surface area contributed by atoms with Crippen LogP contribution in [-0.4, -0.2) is 5.11 Å². The van der Waals surface area contributed by atoms with Crippen molar-refractivity contribution in [3.8, 4) is 0 Å². The topological polar surface area (TPSA) is 20.2 Å². The third-order valence-electron chi connectivity index (χ3n) is 6.01. The Morgan fingerprint density at radius 3 is 1.17 bits per heavy atom. The van der Waals surface area contributed by atoms with Gasteiger partial charge in [-0.2, -0.15) is 0 Å². The molecule has 0 bridgehead atoms. The molecule has 1 nitrogen and oxygen atoms in total. The first-order chi connectivity index (χ1) is 10.5. The van der Waals surface area contributed by atoms with E-state index in [4.69, 9.17) is 0 Å². The van der Waals surface area contributed by atoms with Crippen LogP contribution in [0.15, 0.2) is 12.1 Å². The summed E-state index contributed by atoms with van der Waals surface area (Å²) in [4.78, 5) is 0. The summed E-state index contributed by atoms with van der Waals surface area (Å²) in [7, 11) is 0. The van der Waals surface area contributed by atoms with Crippen LogP contribution in [0.5, 0.6) is 0 Å². The van der Waals surface area contributed by atoms with Gasteiger partial charge in [0.2, 0.25) is 0 Å². The van der Waals surface area contributed by atoms with Gasteiger partial charge in [0.05, 0.1) is 0 Å². The van der Waals surface area contributed by atoms with E-state index >= 15 is 0 Å². The van der Waals surface area contributed by atoms with Crippen LogP contribution in [-0.2, 0) is 5.60 Å². The molecule has 0 aromatic heterocycles. The number of aliphatic hydroxyl groups is 1. The Morgan fingerprint density at radius 2 is 0.870 bits per heavy atom. The summed E-state index contributed by atoms with van der Waals surface area (Å²) in [6.07, 6.45) is 0. The Hall–Kier alpha value is -1.60. The molecule has 23 heavy (non-hydrogen) atoms. The third kappa shape index (κ3) is 2.72. The van der Waals surface area contributed by atoms with E-state index in [1.807, 2.05) is 6.92 Å². The van der Waals surface area contributed by atoms with Gasteiger partial charge in [-0.3, -0.25) is 0 Å². The summed E-state index contributed by atoms with van der Waals surface area (Å²) in [6, 6.07) is 4.31. The fraction of sp³-hybridized carbons (Fsp3) is 0.455. The maximum Gasteiger partial charge on any atom is 0.112 e. The van der Waals surface area contributed by atoms with Gasteiger partial charge in [-0.05, 0) is 118 Å². The highest BCUT2D eigenvalue weighted by Crippen LogP contribution is 2.38. The molecule has 0 spiro atoms. The van der Waals surface area contributed by atoms with Gasteiger partial charge in [0.1, 0.15) is 5.60 Å². The lowest BCUT2D eigenvalue weighted by Gasteiger charge is -2.31. The van der Waals surface area contributed by atoms with E-state index in [1.165, 1.54) is 44.5 Å². The molecule has 0 fully saturated rings. The van der Waals surface area contributed by atoms with E-state index in [0.29, 0.717) is 0 Å². The Morgan fingerprint density at radius 1 is 0.565 bits per heavy atom. The molecule has 0 unspecified atom stereocenters. The maximum atomic E-state index is 11.5. The van der Waals surface area contributed by atoms with E-state index in [1.54, 1.807) is 0 Å². The molecule has 0 aliphatic rings. The molecule has 2 rings (SSSR count). The Balaban J connectivity index is 2.79. The van der Waals surface area contributed by atoms with Crippen molar-refractivity contribution in [1.82, 2.24) is 0 Å². The quantitative estimate of drug-likeness (QED) is 0.786. The van der Waals surface area contributed by atoms with Crippen LogP contribution >= 0.6 is 0 Å². The van der Waals surface area contributed by atoms with Gasteiger partial charge in [0.25, 0.3) is 0 Å². The highest BCUT2D eigenvalue weighted by molar-refractivity contribution is 5.53. The molecule has 0 amide bonds. The first kappa shape index (κ1) is 17.7. The van der Waals surface area contributed by atoms with E-state index in [9.17, 15) is 5.11 Å². The average molecular weight is 310 g/mol. The summed E-state index contributed by atoms with van der Waals surface area (Å²) < 4.78 is 0. The van der Waals surface area contributed by atoms with E-state index in [0.717, 1.165) is 11.1 Å². The van der Waals surface area contributed by atoms with Crippen LogP contribution in [0.25, 0.3) is 0 Å². The molecule has 0 atom stereocenters. The minimum Gasteiger partial charge on any atom is -0.381 e. The van der Waals surface area contributed by atoms with Gasteiger partial charge < -0.3 is 5.11 Å². The average Bonchev–Trinajstić information content (AvgIpc) is 2.49. The van der Waals surface area contributed by atoms with E-state index in [2.05, 4.69) is 67.5 Å². The molecule has 0 radical (unpaired) electrons. The molecule has 2 aromatic carbocycles. The second kappa shape index (κ2) is 5.79. The molecule has 1 N–H and O–H groups in total. The fourth-order valence-corrected chi connectivity index (χ4v) is 3.58. The first-order valence-electron chi connectivity index (χ1n) is 8.38. The maximum absolute atomic E-state index is 11.5. The predicted molar refractivity (Wildman–Crippen MR) is 99.5 cm³/mol. The van der Waals surface area contributed by atoms with Gasteiger partial charge in [-0.1, -0.05) is 12.1 Å². The van der Waals surface area contributed by atoms with Gasteiger partial charge in [-0.15, -0.1) is 0 Å². The van der Waals surface area contributed by atoms with E-state index < -0.39 is 5.60 Å². The number of rotatable bonds is 2. The Bertz CT molecular complexity index is 714. The molecular weight excluding hydrogens is 280 g/mol. The van der Waals surface area contributed by atoms with Crippen LogP contribution in [0.2, 0.25) is 0 Å². The van der Waals surface area contributed by atoms with Crippen molar-refractivity contribution < 1.29 is 5.11 Å². The summed E-state index contributed by atoms with van der Waals surface area (Å²) in [5, 5.41) is 11.5. The molecule has 0 aliphatic carbocycles. The first-order valence-corrected chi connectivity index (χ1v) is 8.38. The van der Waals surface area contributed by atoms with Crippen molar-refractivity contribution in [2.75, 3.05) is 0 Å². The van der Waals surface area contributed by atoms with Gasteiger partial charge >= 0.3 is 0 Å². The van der Waals surface area contributed by atoms with Crippen LogP contribution < -0.4 is 0 Å². The molecule has 1 heteroatoms. The molecular formula is C22H30O. The highest BCUT2D eigenvalue weighted by Gasteiger charge is 2.31. The van der Waals surface area contributed by atoms with Crippen LogP contribution in [0.4, 0.5) is 0 Å². The zero-order valence-corrected chi connectivity index (χ0v) is 16.1. The van der Waals surface area contributed by atoms with Crippen LogP contribution in [0.3, 0.4) is 0 Å². The number of hydrogen-bond acceptors (Lipinski definition) is 1. The van der Waals surface area contributed by atoms with Gasteiger partial charge in [0.15, 0.2) is 0 Å². The van der Waals surface area contributed by atoms with Crippen molar-refractivity contribution in [1.29, 1.82) is 0 Å². The zero-order valence-electron chi connectivity index (χ0n) is 16.1. The third-order valence-corrected chi connectivity index (χ3v) is 6.01. The SMILES string of the molecule is Cc1cc(C(C)(O)c2cc(C)c(C)c(C)c2C)c(C)c(C)c1C. The lowest BCUT2D eigenvalue weighted by atomic mass is 9.78. The monoisotopic (exact) mass is 310 g/mol. The second-order valence-electron chi connectivity index (χ2n) is 7.30. The standard InChI is InChI=1S/C22H30O/c1-12-10-20(18(7)16(5)14(12)3)22(9,23)21-11-13(2)15(4)17(6)19(21)8/h10-11,23H,1-9H3. The van der Waals surface area contributed by atoms with E-state index in [-0.39, 0.29) is 0 Å². The van der Waals surface area contributed by atoms with Crippen molar-refractivity contribution in [2.45, 2.75) is 67.9 Å². The van der Waals surface area contributed by atoms with Crippen molar-refractivity contribution >= 4 is 0 Å².